The average molecular weight is 284 g/mol. The van der Waals surface area contributed by atoms with Crippen molar-refractivity contribution in [1.29, 1.82) is 0 Å². The molecule has 118 valence electrons. The maximum absolute atomic E-state index is 12.1. The lowest BCUT2D eigenvalue weighted by Gasteiger charge is -2.39. The van der Waals surface area contributed by atoms with Crippen molar-refractivity contribution in [3.63, 3.8) is 0 Å². The van der Waals surface area contributed by atoms with E-state index in [1.165, 1.54) is 32.1 Å². The zero-order chi connectivity index (χ0) is 15.2. The number of nitrogens with one attached hydrogen (secondary N) is 1. The van der Waals surface area contributed by atoms with E-state index >= 15 is 0 Å². The van der Waals surface area contributed by atoms with Gasteiger partial charge in [-0.3, -0.25) is 4.79 Å². The van der Waals surface area contributed by atoms with E-state index in [1.807, 2.05) is 20.9 Å². The maximum atomic E-state index is 12.1. The highest BCUT2D eigenvalue weighted by molar-refractivity contribution is 5.80. The van der Waals surface area contributed by atoms with Crippen LogP contribution in [-0.4, -0.2) is 49.2 Å². The van der Waals surface area contributed by atoms with Crippen LogP contribution in [0, 0.1) is 0 Å². The van der Waals surface area contributed by atoms with Gasteiger partial charge in [0.2, 0.25) is 0 Å². The Hall–Kier alpha value is -0.610. The van der Waals surface area contributed by atoms with Crippen molar-refractivity contribution in [2.45, 2.75) is 76.9 Å². The van der Waals surface area contributed by atoms with Crippen LogP contribution in [0.15, 0.2) is 0 Å². The Balaban J connectivity index is 2.60. The van der Waals surface area contributed by atoms with Gasteiger partial charge in [0.15, 0.2) is 0 Å². The molecule has 0 spiro atoms. The minimum Gasteiger partial charge on any atom is -0.465 e. The molecule has 1 aliphatic carbocycles. The summed E-state index contributed by atoms with van der Waals surface area (Å²) in [4.78, 5) is 14.6. The molecule has 0 radical (unpaired) electrons. The summed E-state index contributed by atoms with van der Waals surface area (Å²) in [5.74, 6) is -0.147. The molecule has 0 bridgehead atoms. The standard InChI is InChI=1S/C16H32N2O2/c1-6-20-15(19)16(3,17-4)12-13(2)18(5)14-10-8-7-9-11-14/h13-14,17H,6-12H2,1-5H3. The first-order chi connectivity index (χ1) is 9.44. The fourth-order valence-electron chi connectivity index (χ4n) is 3.16. The van der Waals surface area contributed by atoms with Gasteiger partial charge in [0.25, 0.3) is 0 Å². The topological polar surface area (TPSA) is 41.6 Å². The molecule has 0 aromatic rings. The van der Waals surface area contributed by atoms with Gasteiger partial charge in [-0.1, -0.05) is 19.3 Å². The van der Waals surface area contributed by atoms with Crippen LogP contribution in [0.3, 0.4) is 0 Å². The fraction of sp³-hybridized carbons (Fsp3) is 0.938. The summed E-state index contributed by atoms with van der Waals surface area (Å²) in [6, 6.07) is 1.03. The van der Waals surface area contributed by atoms with E-state index in [-0.39, 0.29) is 5.97 Å². The van der Waals surface area contributed by atoms with Crippen LogP contribution in [-0.2, 0) is 9.53 Å². The van der Waals surface area contributed by atoms with Crippen molar-refractivity contribution in [2.24, 2.45) is 0 Å². The number of ether oxygens (including phenoxy) is 1. The predicted octanol–water partition coefficient (Wildman–Crippen LogP) is 2.57. The van der Waals surface area contributed by atoms with E-state index in [0.29, 0.717) is 18.7 Å². The number of nitrogens with zero attached hydrogens (tertiary/aromatic N) is 1. The van der Waals surface area contributed by atoms with E-state index < -0.39 is 5.54 Å². The molecule has 0 aliphatic heterocycles. The zero-order valence-corrected chi connectivity index (χ0v) is 13.9. The molecule has 1 saturated carbocycles. The Morgan fingerprint density at radius 1 is 1.40 bits per heavy atom. The summed E-state index contributed by atoms with van der Waals surface area (Å²) in [6.07, 6.45) is 7.39. The first-order valence-corrected chi connectivity index (χ1v) is 8.02. The molecule has 1 rings (SSSR count). The summed E-state index contributed by atoms with van der Waals surface area (Å²) in [6.45, 7) is 6.44. The molecule has 2 atom stereocenters. The van der Waals surface area contributed by atoms with E-state index in [4.69, 9.17) is 4.74 Å². The number of rotatable bonds is 7. The number of hydrogen-bond donors (Lipinski definition) is 1. The number of carbonyl (C=O) groups excluding carboxylic acids is 1. The van der Waals surface area contributed by atoms with Crippen molar-refractivity contribution in [2.75, 3.05) is 20.7 Å². The number of esters is 1. The Kier molecular flexibility index (Phi) is 6.96. The van der Waals surface area contributed by atoms with Gasteiger partial charge in [-0.15, -0.1) is 0 Å². The molecule has 20 heavy (non-hydrogen) atoms. The Bertz CT molecular complexity index is 303. The number of hydrogen-bond acceptors (Lipinski definition) is 4. The zero-order valence-electron chi connectivity index (χ0n) is 13.9. The van der Waals surface area contributed by atoms with Crippen molar-refractivity contribution in [1.82, 2.24) is 10.2 Å². The third kappa shape index (κ3) is 4.45. The summed E-state index contributed by atoms with van der Waals surface area (Å²) < 4.78 is 5.20. The average Bonchev–Trinajstić information content (AvgIpc) is 2.47. The molecule has 1 N–H and O–H groups in total. The molecular weight excluding hydrogens is 252 g/mol. The summed E-state index contributed by atoms with van der Waals surface area (Å²) >= 11 is 0. The lowest BCUT2D eigenvalue weighted by Crippen LogP contribution is -2.53. The predicted molar refractivity (Wildman–Crippen MR) is 82.8 cm³/mol. The van der Waals surface area contributed by atoms with Gasteiger partial charge in [-0.05, 0) is 54.1 Å². The van der Waals surface area contributed by atoms with Crippen molar-refractivity contribution < 1.29 is 9.53 Å². The second kappa shape index (κ2) is 7.99. The number of carbonyl (C=O) groups is 1. The first kappa shape index (κ1) is 17.4. The van der Waals surface area contributed by atoms with Gasteiger partial charge >= 0.3 is 5.97 Å². The van der Waals surface area contributed by atoms with E-state index in [0.717, 1.165) is 6.42 Å². The lowest BCUT2D eigenvalue weighted by atomic mass is 9.89. The third-order valence-electron chi connectivity index (χ3n) is 4.83. The van der Waals surface area contributed by atoms with Crippen molar-refractivity contribution in [3.05, 3.63) is 0 Å². The number of likely N-dealkylation sites (N-methyl/N-ethyl adjacent to an activating group) is 1. The van der Waals surface area contributed by atoms with Gasteiger partial charge < -0.3 is 15.0 Å². The molecule has 4 heteroatoms. The van der Waals surface area contributed by atoms with Crippen molar-refractivity contribution >= 4 is 5.97 Å². The van der Waals surface area contributed by atoms with Gasteiger partial charge in [0.05, 0.1) is 6.61 Å². The molecule has 0 amide bonds. The van der Waals surface area contributed by atoms with Gasteiger partial charge in [0.1, 0.15) is 5.54 Å². The summed E-state index contributed by atoms with van der Waals surface area (Å²) in [7, 11) is 4.03. The molecular formula is C16H32N2O2. The second-order valence-corrected chi connectivity index (χ2v) is 6.31. The third-order valence-corrected chi connectivity index (χ3v) is 4.83. The molecule has 1 aliphatic rings. The van der Waals surface area contributed by atoms with Crippen LogP contribution in [0.4, 0.5) is 0 Å². The van der Waals surface area contributed by atoms with E-state index in [2.05, 4.69) is 24.2 Å². The smallest absolute Gasteiger partial charge is 0.326 e. The molecule has 0 aromatic heterocycles. The van der Waals surface area contributed by atoms with Crippen LogP contribution in [0.1, 0.15) is 59.3 Å². The van der Waals surface area contributed by atoms with Gasteiger partial charge in [0, 0.05) is 12.1 Å². The molecule has 1 fully saturated rings. The first-order valence-electron chi connectivity index (χ1n) is 8.02. The van der Waals surface area contributed by atoms with E-state index in [1.54, 1.807) is 0 Å². The largest absolute Gasteiger partial charge is 0.465 e. The Labute approximate surface area is 124 Å². The fourth-order valence-corrected chi connectivity index (χ4v) is 3.16. The molecule has 2 unspecified atom stereocenters. The SMILES string of the molecule is CCOC(=O)C(C)(CC(C)N(C)C1CCCCC1)NC. The van der Waals surface area contributed by atoms with Crippen LogP contribution >= 0.6 is 0 Å². The van der Waals surface area contributed by atoms with Gasteiger partial charge in [-0.2, -0.15) is 0 Å². The molecule has 0 saturated heterocycles. The maximum Gasteiger partial charge on any atom is 0.326 e. The second-order valence-electron chi connectivity index (χ2n) is 6.31. The Morgan fingerprint density at radius 3 is 2.50 bits per heavy atom. The lowest BCUT2D eigenvalue weighted by molar-refractivity contribution is -0.151. The highest BCUT2D eigenvalue weighted by atomic mass is 16.5. The minimum absolute atomic E-state index is 0.147. The quantitative estimate of drug-likeness (QED) is 0.730. The van der Waals surface area contributed by atoms with Crippen molar-refractivity contribution in [3.8, 4) is 0 Å². The minimum atomic E-state index is -0.599. The van der Waals surface area contributed by atoms with Crippen LogP contribution in [0.5, 0.6) is 0 Å². The highest BCUT2D eigenvalue weighted by Gasteiger charge is 2.36. The monoisotopic (exact) mass is 284 g/mol. The van der Waals surface area contributed by atoms with Crippen LogP contribution < -0.4 is 5.32 Å². The molecule has 0 aromatic carbocycles. The highest BCUT2D eigenvalue weighted by Crippen LogP contribution is 2.26. The normalized spacial score (nSPS) is 21.5. The van der Waals surface area contributed by atoms with Gasteiger partial charge in [-0.25, -0.2) is 0 Å². The Morgan fingerprint density at radius 2 is 2.00 bits per heavy atom. The molecule has 0 heterocycles. The summed E-state index contributed by atoms with van der Waals surface area (Å²) in [5.41, 5.74) is -0.599. The van der Waals surface area contributed by atoms with Crippen LogP contribution in [0.25, 0.3) is 0 Å². The van der Waals surface area contributed by atoms with E-state index in [9.17, 15) is 4.79 Å². The molecule has 4 nitrogen and oxygen atoms in total. The summed E-state index contributed by atoms with van der Waals surface area (Å²) in [5, 5.41) is 3.15. The van der Waals surface area contributed by atoms with Crippen LogP contribution in [0.2, 0.25) is 0 Å².